The average Bonchev–Trinajstić information content (AvgIpc) is 2.72. The van der Waals surface area contributed by atoms with Crippen LogP contribution in [0.3, 0.4) is 0 Å². The summed E-state index contributed by atoms with van der Waals surface area (Å²) in [5.41, 5.74) is 1.42. The number of amides is 2. The van der Waals surface area contributed by atoms with Gasteiger partial charge in [-0.15, -0.1) is 11.3 Å². The number of carboxylic acids is 1. The van der Waals surface area contributed by atoms with E-state index in [1.54, 1.807) is 0 Å². The number of carboxylic acid groups (broad SMARTS) is 1. The molecule has 2 N–H and O–H groups in total. The van der Waals surface area contributed by atoms with Gasteiger partial charge < -0.3 is 14.7 Å². The number of aryl methyl sites for hydroxylation is 1. The van der Waals surface area contributed by atoms with Crippen LogP contribution in [-0.4, -0.2) is 48.7 Å². The minimum Gasteiger partial charge on any atom is -0.481 e. The first-order valence-corrected chi connectivity index (χ1v) is 8.72. The first-order valence-electron chi connectivity index (χ1n) is 7.90. The molecule has 0 unspecified atom stereocenters. The number of esters is 1. The van der Waals surface area contributed by atoms with Crippen LogP contribution in [-0.2, 0) is 22.4 Å². The number of nitrogens with one attached hydrogen (secondary N) is 1. The highest BCUT2D eigenvalue weighted by molar-refractivity contribution is 7.17. The maximum atomic E-state index is 12.2. The third kappa shape index (κ3) is 4.25. The highest BCUT2D eigenvalue weighted by atomic mass is 32.1. The van der Waals surface area contributed by atoms with Gasteiger partial charge in [0.2, 0.25) is 0 Å². The van der Waals surface area contributed by atoms with Gasteiger partial charge in [-0.1, -0.05) is 6.42 Å². The van der Waals surface area contributed by atoms with E-state index in [9.17, 15) is 14.4 Å². The second-order valence-electron chi connectivity index (χ2n) is 5.76. The summed E-state index contributed by atoms with van der Waals surface area (Å²) in [6, 6.07) is -0.433. The number of carbonyl (C=O) groups excluding carboxylic acids is 2. The Bertz CT molecular complexity index is 641. The molecule has 1 aliphatic carbocycles. The van der Waals surface area contributed by atoms with Crippen molar-refractivity contribution in [3.63, 3.8) is 0 Å². The molecule has 0 saturated carbocycles. The van der Waals surface area contributed by atoms with Crippen LogP contribution in [0, 0.1) is 0 Å². The van der Waals surface area contributed by atoms with Gasteiger partial charge in [-0.3, -0.25) is 10.1 Å². The van der Waals surface area contributed by atoms with Crippen molar-refractivity contribution in [3.8, 4) is 0 Å². The van der Waals surface area contributed by atoms with Gasteiger partial charge in [-0.05, 0) is 31.2 Å². The Labute approximate surface area is 144 Å². The molecule has 8 heteroatoms. The molecule has 0 atom stereocenters. The molecule has 2 amide bonds. The summed E-state index contributed by atoms with van der Waals surface area (Å²) < 4.78 is 4.89. The Morgan fingerprint density at radius 3 is 2.62 bits per heavy atom. The standard InChI is InChI=1S/C16H22N2O5S/c1-18(9-8-12(19)20)16(22)17-14-13(15(21)23-2)10-6-4-3-5-7-11(10)24-14/h3-9H2,1-2H3,(H,17,22)(H,19,20). The number of thiophene rings is 1. The fourth-order valence-corrected chi connectivity index (χ4v) is 3.97. The van der Waals surface area contributed by atoms with Gasteiger partial charge in [0.05, 0.1) is 19.1 Å². The van der Waals surface area contributed by atoms with E-state index in [-0.39, 0.29) is 13.0 Å². The molecule has 0 aliphatic heterocycles. The van der Waals surface area contributed by atoms with Crippen molar-refractivity contribution >= 4 is 34.3 Å². The molecule has 1 aromatic rings. The predicted octanol–water partition coefficient (Wildman–Crippen LogP) is 2.74. The summed E-state index contributed by atoms with van der Waals surface area (Å²) >= 11 is 1.41. The fraction of sp³-hybridized carbons (Fsp3) is 0.562. The molecular formula is C16H22N2O5S. The van der Waals surface area contributed by atoms with Gasteiger partial charge in [0.1, 0.15) is 5.00 Å². The first kappa shape index (κ1) is 18.3. The van der Waals surface area contributed by atoms with Crippen molar-refractivity contribution in [3.05, 3.63) is 16.0 Å². The number of fused-ring (bicyclic) bond motifs is 1. The minimum atomic E-state index is -0.965. The molecule has 1 aromatic heterocycles. The van der Waals surface area contributed by atoms with Gasteiger partial charge in [0, 0.05) is 18.5 Å². The van der Waals surface area contributed by atoms with Crippen molar-refractivity contribution in [2.45, 2.75) is 38.5 Å². The van der Waals surface area contributed by atoms with Crippen LogP contribution in [0.4, 0.5) is 9.80 Å². The molecule has 24 heavy (non-hydrogen) atoms. The van der Waals surface area contributed by atoms with Crippen molar-refractivity contribution in [1.82, 2.24) is 4.90 Å². The molecule has 1 aliphatic rings. The van der Waals surface area contributed by atoms with E-state index in [0.717, 1.165) is 42.5 Å². The molecule has 0 radical (unpaired) electrons. The maximum absolute atomic E-state index is 12.2. The monoisotopic (exact) mass is 354 g/mol. The Kier molecular flexibility index (Phi) is 6.19. The summed E-state index contributed by atoms with van der Waals surface area (Å²) in [5.74, 6) is -1.41. The first-order chi connectivity index (χ1) is 11.4. The Hall–Kier alpha value is -2.09. The lowest BCUT2D eigenvalue weighted by molar-refractivity contribution is -0.137. The van der Waals surface area contributed by atoms with E-state index in [1.807, 2.05) is 0 Å². The third-order valence-electron chi connectivity index (χ3n) is 4.04. The zero-order chi connectivity index (χ0) is 17.7. The predicted molar refractivity (Wildman–Crippen MR) is 90.8 cm³/mol. The molecule has 0 spiro atoms. The number of hydrogen-bond donors (Lipinski definition) is 2. The highest BCUT2D eigenvalue weighted by Gasteiger charge is 2.26. The van der Waals surface area contributed by atoms with Crippen molar-refractivity contribution in [2.75, 3.05) is 26.0 Å². The van der Waals surface area contributed by atoms with E-state index in [4.69, 9.17) is 9.84 Å². The summed E-state index contributed by atoms with van der Waals surface area (Å²) in [6.45, 7) is 0.0970. The third-order valence-corrected chi connectivity index (χ3v) is 5.25. The number of rotatable bonds is 5. The second kappa shape index (κ2) is 8.14. The number of aliphatic carboxylic acids is 1. The Morgan fingerprint density at radius 1 is 1.25 bits per heavy atom. The van der Waals surface area contributed by atoms with E-state index in [0.29, 0.717) is 10.6 Å². The Balaban J connectivity index is 2.21. The van der Waals surface area contributed by atoms with Crippen LogP contribution < -0.4 is 5.32 Å². The molecule has 132 valence electrons. The molecule has 0 bridgehead atoms. The van der Waals surface area contributed by atoms with Gasteiger partial charge in [-0.25, -0.2) is 9.59 Å². The largest absolute Gasteiger partial charge is 0.481 e. The lowest BCUT2D eigenvalue weighted by Crippen LogP contribution is -2.33. The molecule has 0 aromatic carbocycles. The van der Waals surface area contributed by atoms with Crippen molar-refractivity contribution in [2.24, 2.45) is 0 Å². The quantitative estimate of drug-likeness (QED) is 0.626. The maximum Gasteiger partial charge on any atom is 0.341 e. The number of methoxy groups -OCH3 is 1. The van der Waals surface area contributed by atoms with Crippen LogP contribution in [0.1, 0.15) is 46.5 Å². The number of ether oxygens (including phenoxy) is 1. The second-order valence-corrected chi connectivity index (χ2v) is 6.86. The van der Waals surface area contributed by atoms with Gasteiger partial charge in [-0.2, -0.15) is 0 Å². The SMILES string of the molecule is COC(=O)c1c(NC(=O)N(C)CCC(=O)O)sc2c1CCCCC2. The van der Waals surface area contributed by atoms with E-state index < -0.39 is 18.0 Å². The minimum absolute atomic E-state index is 0.0970. The summed E-state index contributed by atoms with van der Waals surface area (Å²) in [7, 11) is 2.85. The average molecular weight is 354 g/mol. The zero-order valence-electron chi connectivity index (χ0n) is 13.9. The summed E-state index contributed by atoms with van der Waals surface area (Å²) in [4.78, 5) is 37.5. The summed E-state index contributed by atoms with van der Waals surface area (Å²) in [5, 5.41) is 11.9. The lowest BCUT2D eigenvalue weighted by atomic mass is 10.1. The van der Waals surface area contributed by atoms with Crippen LogP contribution in [0.25, 0.3) is 0 Å². The smallest absolute Gasteiger partial charge is 0.341 e. The van der Waals surface area contributed by atoms with Crippen LogP contribution >= 0.6 is 11.3 Å². The number of carbonyl (C=O) groups is 3. The normalized spacial score (nSPS) is 13.6. The summed E-state index contributed by atoms with van der Waals surface area (Å²) in [6.07, 6.45) is 4.78. The molecule has 1 heterocycles. The van der Waals surface area contributed by atoms with E-state index in [1.165, 1.54) is 30.4 Å². The van der Waals surface area contributed by atoms with Gasteiger partial charge in [0.15, 0.2) is 0 Å². The lowest BCUT2D eigenvalue weighted by Gasteiger charge is -2.16. The molecule has 7 nitrogen and oxygen atoms in total. The van der Waals surface area contributed by atoms with Crippen LogP contribution in [0.5, 0.6) is 0 Å². The number of urea groups is 1. The highest BCUT2D eigenvalue weighted by Crippen LogP contribution is 2.38. The van der Waals surface area contributed by atoms with Crippen molar-refractivity contribution < 1.29 is 24.2 Å². The van der Waals surface area contributed by atoms with Crippen LogP contribution in [0.2, 0.25) is 0 Å². The van der Waals surface area contributed by atoms with Gasteiger partial charge in [0.25, 0.3) is 0 Å². The topological polar surface area (TPSA) is 95.9 Å². The van der Waals surface area contributed by atoms with Gasteiger partial charge >= 0.3 is 18.0 Å². The van der Waals surface area contributed by atoms with Crippen molar-refractivity contribution in [1.29, 1.82) is 0 Å². The molecule has 0 saturated heterocycles. The van der Waals surface area contributed by atoms with Crippen LogP contribution in [0.15, 0.2) is 0 Å². The molecular weight excluding hydrogens is 332 g/mol. The zero-order valence-corrected chi connectivity index (χ0v) is 14.7. The van der Waals surface area contributed by atoms with E-state index >= 15 is 0 Å². The fourth-order valence-electron chi connectivity index (χ4n) is 2.71. The number of nitrogens with zero attached hydrogens (tertiary/aromatic N) is 1. The number of hydrogen-bond acceptors (Lipinski definition) is 5. The molecule has 0 fully saturated rings. The molecule has 2 rings (SSSR count). The number of anilines is 1. The Morgan fingerprint density at radius 2 is 1.96 bits per heavy atom. The van der Waals surface area contributed by atoms with E-state index in [2.05, 4.69) is 5.32 Å².